The standard InChI is InChI=1S/C30H33F3N8O3/c1-20(30(31,32)33)14-27(42)37-23-4-2-21(3-5-23)15-28(43)41-8-6-39(7-9-41)24-16-25(22-18-35-29(34)36-19-22)38-26(17-24)40-10-12-44-13-11-40/h2-5,14,16-19H,6-13,15H2,1H3,(H,37,42)(H2,34,35,36)/b20-14-. The number of benzene rings is 1. The van der Waals surface area contributed by atoms with Crippen LogP contribution in [0.3, 0.4) is 0 Å². The van der Waals surface area contributed by atoms with E-state index in [2.05, 4.69) is 31.2 Å². The van der Waals surface area contributed by atoms with Crippen LogP contribution in [0.4, 0.5) is 36.3 Å². The lowest BCUT2D eigenvalue weighted by Gasteiger charge is -2.37. The van der Waals surface area contributed by atoms with Gasteiger partial charge in [0.25, 0.3) is 0 Å². The van der Waals surface area contributed by atoms with Gasteiger partial charge < -0.3 is 30.5 Å². The molecule has 5 rings (SSSR count). The summed E-state index contributed by atoms with van der Waals surface area (Å²) in [4.78, 5) is 44.3. The Bertz CT molecular complexity index is 1500. The van der Waals surface area contributed by atoms with Crippen molar-refractivity contribution in [1.82, 2.24) is 19.9 Å². The fraction of sp³-hybridized carbons (Fsp3) is 0.367. The predicted molar refractivity (Wildman–Crippen MR) is 160 cm³/mol. The molecule has 11 nitrogen and oxygen atoms in total. The Balaban J connectivity index is 1.20. The summed E-state index contributed by atoms with van der Waals surface area (Å²) < 4.78 is 43.5. The zero-order chi connectivity index (χ0) is 31.3. The number of rotatable bonds is 7. The molecule has 2 fully saturated rings. The molecule has 2 aliphatic rings. The highest BCUT2D eigenvalue weighted by atomic mass is 19.4. The molecule has 4 heterocycles. The van der Waals surface area contributed by atoms with Crippen molar-refractivity contribution in [3.8, 4) is 11.3 Å². The van der Waals surface area contributed by atoms with Gasteiger partial charge in [-0.3, -0.25) is 9.59 Å². The molecule has 1 aromatic carbocycles. The van der Waals surface area contributed by atoms with Crippen LogP contribution in [0.25, 0.3) is 11.3 Å². The molecule has 3 N–H and O–H groups in total. The summed E-state index contributed by atoms with van der Waals surface area (Å²) in [6, 6.07) is 10.5. The van der Waals surface area contributed by atoms with Crippen LogP contribution in [-0.4, -0.2) is 90.3 Å². The van der Waals surface area contributed by atoms with E-state index in [-0.39, 0.29) is 18.3 Å². The van der Waals surface area contributed by atoms with Gasteiger partial charge in [-0.15, -0.1) is 0 Å². The number of nitrogen functional groups attached to an aromatic ring is 1. The van der Waals surface area contributed by atoms with Crippen LogP contribution in [0.2, 0.25) is 0 Å². The second-order valence-electron chi connectivity index (χ2n) is 10.6. The van der Waals surface area contributed by atoms with Crippen LogP contribution in [0.15, 0.2) is 60.4 Å². The summed E-state index contributed by atoms with van der Waals surface area (Å²) in [5.74, 6) is 0.117. The molecular weight excluding hydrogens is 577 g/mol. The first-order valence-corrected chi connectivity index (χ1v) is 14.2. The molecule has 44 heavy (non-hydrogen) atoms. The van der Waals surface area contributed by atoms with Gasteiger partial charge in [-0.25, -0.2) is 15.0 Å². The van der Waals surface area contributed by atoms with E-state index < -0.39 is 17.7 Å². The van der Waals surface area contributed by atoms with Crippen molar-refractivity contribution in [3.05, 3.63) is 66.0 Å². The number of aromatic nitrogens is 3. The Morgan fingerprint density at radius 3 is 2.27 bits per heavy atom. The third-order valence-corrected chi connectivity index (χ3v) is 7.47. The maximum absolute atomic E-state index is 13.1. The number of pyridine rings is 1. The third-order valence-electron chi connectivity index (χ3n) is 7.47. The molecule has 2 aromatic heterocycles. The number of allylic oxidation sites excluding steroid dienone is 1. The van der Waals surface area contributed by atoms with Crippen molar-refractivity contribution >= 4 is 35.0 Å². The summed E-state index contributed by atoms with van der Waals surface area (Å²) in [5, 5.41) is 2.41. The van der Waals surface area contributed by atoms with E-state index in [1.165, 1.54) is 0 Å². The number of alkyl halides is 3. The number of nitrogens with one attached hydrogen (secondary N) is 1. The highest BCUT2D eigenvalue weighted by Gasteiger charge is 2.30. The second-order valence-corrected chi connectivity index (χ2v) is 10.6. The molecule has 0 atom stereocenters. The van der Waals surface area contributed by atoms with Gasteiger partial charge in [0.15, 0.2) is 0 Å². The molecule has 0 radical (unpaired) electrons. The van der Waals surface area contributed by atoms with Crippen molar-refractivity contribution in [2.45, 2.75) is 19.5 Å². The van der Waals surface area contributed by atoms with Crippen LogP contribution in [0.1, 0.15) is 12.5 Å². The normalized spacial score (nSPS) is 16.2. The van der Waals surface area contributed by atoms with E-state index >= 15 is 0 Å². The van der Waals surface area contributed by atoms with E-state index in [0.717, 1.165) is 48.3 Å². The summed E-state index contributed by atoms with van der Waals surface area (Å²) in [5.41, 5.74) is 8.23. The SMILES string of the molecule is C/C(=C/C(=O)Nc1ccc(CC(=O)N2CCN(c3cc(-c4cnc(N)nc4)nc(N4CCOCC4)c3)CC2)cc1)C(F)(F)F. The fourth-order valence-electron chi connectivity index (χ4n) is 4.92. The zero-order valence-corrected chi connectivity index (χ0v) is 24.2. The predicted octanol–water partition coefficient (Wildman–Crippen LogP) is 3.30. The van der Waals surface area contributed by atoms with Gasteiger partial charge in [0, 0.05) is 86.3 Å². The number of hydrogen-bond acceptors (Lipinski definition) is 9. The maximum atomic E-state index is 13.1. The van der Waals surface area contributed by atoms with E-state index in [4.69, 9.17) is 15.5 Å². The second kappa shape index (κ2) is 13.3. The molecule has 0 aliphatic carbocycles. The molecule has 0 bridgehead atoms. The number of carbonyl (C=O) groups excluding carboxylic acids is 2. The number of piperazine rings is 1. The first-order chi connectivity index (χ1) is 21.0. The van der Waals surface area contributed by atoms with Gasteiger partial charge >= 0.3 is 6.18 Å². The van der Waals surface area contributed by atoms with Gasteiger partial charge in [-0.05, 0) is 30.7 Å². The minimum absolute atomic E-state index is 0.0337. The molecule has 0 saturated carbocycles. The van der Waals surface area contributed by atoms with Crippen molar-refractivity contribution < 1.29 is 27.5 Å². The quantitative estimate of drug-likeness (QED) is 0.387. The number of anilines is 4. The largest absolute Gasteiger partial charge is 0.412 e. The minimum atomic E-state index is -4.56. The van der Waals surface area contributed by atoms with Crippen LogP contribution >= 0.6 is 0 Å². The first kappa shape index (κ1) is 30.7. The Kier molecular flexibility index (Phi) is 9.28. The topological polar surface area (TPSA) is 130 Å². The van der Waals surface area contributed by atoms with Gasteiger partial charge in [0.1, 0.15) is 5.82 Å². The van der Waals surface area contributed by atoms with Crippen molar-refractivity contribution in [3.63, 3.8) is 0 Å². The lowest BCUT2D eigenvalue weighted by molar-refractivity contribution is -0.130. The summed E-state index contributed by atoms with van der Waals surface area (Å²) in [7, 11) is 0. The fourth-order valence-corrected chi connectivity index (χ4v) is 4.92. The number of nitrogens with two attached hydrogens (primary N) is 1. The minimum Gasteiger partial charge on any atom is -0.378 e. The lowest BCUT2D eigenvalue weighted by atomic mass is 10.1. The number of amides is 2. The van der Waals surface area contributed by atoms with E-state index in [1.807, 2.05) is 11.0 Å². The molecule has 232 valence electrons. The van der Waals surface area contributed by atoms with Crippen LogP contribution in [0, 0.1) is 0 Å². The molecule has 2 saturated heterocycles. The number of morpholine rings is 1. The lowest BCUT2D eigenvalue weighted by Crippen LogP contribution is -2.49. The molecule has 0 unspecified atom stereocenters. The molecule has 0 spiro atoms. The molecule has 2 aliphatic heterocycles. The third kappa shape index (κ3) is 7.81. The Morgan fingerprint density at radius 1 is 0.977 bits per heavy atom. The first-order valence-electron chi connectivity index (χ1n) is 14.2. The van der Waals surface area contributed by atoms with Gasteiger partial charge in [-0.1, -0.05) is 12.1 Å². The van der Waals surface area contributed by atoms with Crippen LogP contribution < -0.4 is 20.9 Å². The maximum Gasteiger partial charge on any atom is 0.412 e. The Morgan fingerprint density at radius 2 is 1.64 bits per heavy atom. The van der Waals surface area contributed by atoms with Crippen molar-refractivity contribution in [2.24, 2.45) is 0 Å². The average Bonchev–Trinajstić information content (AvgIpc) is 3.02. The van der Waals surface area contributed by atoms with Crippen LogP contribution in [0.5, 0.6) is 0 Å². The van der Waals surface area contributed by atoms with Gasteiger partial charge in [-0.2, -0.15) is 13.2 Å². The number of nitrogens with zero attached hydrogens (tertiary/aromatic N) is 6. The smallest absolute Gasteiger partial charge is 0.378 e. The molecular formula is C30H33F3N8O3. The molecule has 3 aromatic rings. The van der Waals surface area contributed by atoms with Crippen molar-refractivity contribution in [2.75, 3.05) is 73.3 Å². The number of hydrogen-bond donors (Lipinski definition) is 2. The van der Waals surface area contributed by atoms with E-state index in [0.29, 0.717) is 51.2 Å². The number of ether oxygens (including phenoxy) is 1. The van der Waals surface area contributed by atoms with E-state index in [9.17, 15) is 22.8 Å². The monoisotopic (exact) mass is 610 g/mol. The van der Waals surface area contributed by atoms with Gasteiger partial charge in [0.05, 0.1) is 25.3 Å². The molecule has 2 amide bonds. The van der Waals surface area contributed by atoms with Crippen molar-refractivity contribution in [1.29, 1.82) is 0 Å². The highest BCUT2D eigenvalue weighted by molar-refractivity contribution is 5.99. The van der Waals surface area contributed by atoms with Gasteiger partial charge in [0.2, 0.25) is 17.8 Å². The molecule has 14 heteroatoms. The Labute approximate surface area is 252 Å². The zero-order valence-electron chi connectivity index (χ0n) is 24.2. The summed E-state index contributed by atoms with van der Waals surface area (Å²) in [6.45, 7) is 5.89. The summed E-state index contributed by atoms with van der Waals surface area (Å²) in [6.07, 6.45) is -0.576. The Hall–Kier alpha value is -4.72. The van der Waals surface area contributed by atoms with Crippen LogP contribution in [-0.2, 0) is 20.7 Å². The highest BCUT2D eigenvalue weighted by Crippen LogP contribution is 2.29. The average molecular weight is 611 g/mol. The van der Waals surface area contributed by atoms with E-state index in [1.54, 1.807) is 36.7 Å². The number of carbonyl (C=O) groups is 2. The summed E-state index contributed by atoms with van der Waals surface area (Å²) >= 11 is 0. The number of halogens is 3.